The van der Waals surface area contributed by atoms with Crippen molar-refractivity contribution in [1.82, 2.24) is 5.32 Å². The standard InChI is InChI=1S/C25H29BF3NO3/c1-15(30-22(31)18-7-6-8-19(13-18)25(27,28)29)17-11-12-20(16-9-10-16)21(14-17)26-32-23(2,3)24(4,5)33-26/h6-8,11-16H,9-10H2,1-5H3,(H,30,31)/t15-/m1/s1. The van der Waals surface area contributed by atoms with Gasteiger partial charge in [0.05, 0.1) is 22.8 Å². The van der Waals surface area contributed by atoms with Gasteiger partial charge in [-0.1, -0.05) is 24.3 Å². The highest BCUT2D eigenvalue weighted by atomic mass is 19.4. The van der Waals surface area contributed by atoms with Gasteiger partial charge in [0.1, 0.15) is 0 Å². The average Bonchev–Trinajstić information content (AvgIpc) is 3.54. The summed E-state index contributed by atoms with van der Waals surface area (Å²) in [6.07, 6.45) is -2.26. The second-order valence-corrected chi connectivity index (χ2v) is 10.0. The second kappa shape index (κ2) is 8.17. The molecule has 1 amide bonds. The molecule has 0 bridgehead atoms. The van der Waals surface area contributed by atoms with Crippen LogP contribution in [0.1, 0.15) is 86.5 Å². The van der Waals surface area contributed by atoms with Crippen molar-refractivity contribution >= 4 is 18.5 Å². The predicted molar refractivity (Wildman–Crippen MR) is 121 cm³/mol. The fourth-order valence-corrected chi connectivity index (χ4v) is 4.00. The number of amides is 1. The molecular formula is C25H29BF3NO3. The Kier molecular flexibility index (Phi) is 5.90. The summed E-state index contributed by atoms with van der Waals surface area (Å²) in [7, 11) is -0.517. The zero-order valence-electron chi connectivity index (χ0n) is 19.5. The van der Waals surface area contributed by atoms with E-state index in [2.05, 4.69) is 11.4 Å². The molecule has 0 spiro atoms. The van der Waals surface area contributed by atoms with Crippen LogP contribution in [-0.4, -0.2) is 24.2 Å². The van der Waals surface area contributed by atoms with E-state index in [1.165, 1.54) is 17.7 Å². The van der Waals surface area contributed by atoms with Crippen LogP contribution in [0.3, 0.4) is 0 Å². The Balaban J connectivity index is 1.57. The molecule has 1 aliphatic heterocycles. The first kappa shape index (κ1) is 23.8. The van der Waals surface area contributed by atoms with Crippen LogP contribution in [-0.2, 0) is 15.5 Å². The van der Waals surface area contributed by atoms with Crippen LogP contribution in [0.5, 0.6) is 0 Å². The summed E-state index contributed by atoms with van der Waals surface area (Å²) >= 11 is 0. The second-order valence-electron chi connectivity index (χ2n) is 10.0. The first-order valence-corrected chi connectivity index (χ1v) is 11.3. The molecule has 1 atom stereocenters. The molecule has 8 heteroatoms. The normalized spacial score (nSPS) is 20.5. The number of rotatable bonds is 5. The predicted octanol–water partition coefficient (Wildman–Crippen LogP) is 5.37. The largest absolute Gasteiger partial charge is 0.495 e. The van der Waals surface area contributed by atoms with Crippen molar-refractivity contribution in [1.29, 1.82) is 0 Å². The van der Waals surface area contributed by atoms with Crippen LogP contribution in [0.4, 0.5) is 13.2 Å². The Bertz CT molecular complexity index is 1050. The fourth-order valence-electron chi connectivity index (χ4n) is 4.00. The quantitative estimate of drug-likeness (QED) is 0.612. The third kappa shape index (κ3) is 4.82. The minimum atomic E-state index is -4.50. The minimum absolute atomic E-state index is 0.0301. The lowest BCUT2D eigenvalue weighted by Crippen LogP contribution is -2.41. The Morgan fingerprint density at radius 1 is 1.06 bits per heavy atom. The maximum absolute atomic E-state index is 13.0. The molecule has 1 saturated heterocycles. The van der Waals surface area contributed by atoms with E-state index in [1.807, 2.05) is 46.8 Å². The van der Waals surface area contributed by atoms with Crippen molar-refractivity contribution in [2.24, 2.45) is 0 Å². The molecule has 0 radical (unpaired) electrons. The lowest BCUT2D eigenvalue weighted by molar-refractivity contribution is -0.137. The maximum atomic E-state index is 13.0. The van der Waals surface area contributed by atoms with Crippen molar-refractivity contribution < 1.29 is 27.3 Å². The number of nitrogens with one attached hydrogen (secondary N) is 1. The molecule has 1 aliphatic carbocycles. The summed E-state index contributed by atoms with van der Waals surface area (Å²) in [6.45, 7) is 9.83. The lowest BCUT2D eigenvalue weighted by atomic mass is 9.73. The summed E-state index contributed by atoms with van der Waals surface area (Å²) < 4.78 is 51.6. The van der Waals surface area contributed by atoms with Gasteiger partial charge >= 0.3 is 13.3 Å². The first-order valence-electron chi connectivity index (χ1n) is 11.3. The number of hydrogen-bond donors (Lipinski definition) is 1. The zero-order valence-corrected chi connectivity index (χ0v) is 19.5. The molecule has 33 heavy (non-hydrogen) atoms. The summed E-state index contributed by atoms with van der Waals surface area (Å²) in [5, 5.41) is 2.82. The summed E-state index contributed by atoms with van der Waals surface area (Å²) in [5.41, 5.74) is 1.15. The summed E-state index contributed by atoms with van der Waals surface area (Å²) in [4.78, 5) is 12.7. The molecule has 2 aliphatic rings. The summed E-state index contributed by atoms with van der Waals surface area (Å²) in [5.74, 6) is -0.0832. The number of halogens is 3. The summed E-state index contributed by atoms with van der Waals surface area (Å²) in [6, 6.07) is 10.0. The highest BCUT2D eigenvalue weighted by molar-refractivity contribution is 6.62. The van der Waals surface area contributed by atoms with Crippen LogP contribution in [0.15, 0.2) is 42.5 Å². The van der Waals surface area contributed by atoms with Gasteiger partial charge in [-0.25, -0.2) is 0 Å². The SMILES string of the molecule is C[C@@H](NC(=O)c1cccc(C(F)(F)F)c1)c1ccc(C2CC2)c(B2OC(C)(C)C(C)(C)O2)c1. The van der Waals surface area contributed by atoms with Gasteiger partial charge in [0.25, 0.3) is 5.91 Å². The van der Waals surface area contributed by atoms with Crippen molar-refractivity contribution in [3.8, 4) is 0 Å². The number of carbonyl (C=O) groups is 1. The molecule has 4 nitrogen and oxygen atoms in total. The van der Waals surface area contributed by atoms with Crippen molar-refractivity contribution in [2.45, 2.75) is 76.8 Å². The lowest BCUT2D eigenvalue weighted by Gasteiger charge is -2.32. The van der Waals surface area contributed by atoms with Crippen molar-refractivity contribution in [3.05, 3.63) is 64.7 Å². The smallest absolute Gasteiger partial charge is 0.399 e. The molecular weight excluding hydrogens is 430 g/mol. The molecule has 2 aromatic rings. The average molecular weight is 459 g/mol. The van der Waals surface area contributed by atoms with Crippen LogP contribution in [0.25, 0.3) is 0 Å². The molecule has 4 rings (SSSR count). The minimum Gasteiger partial charge on any atom is -0.399 e. The van der Waals surface area contributed by atoms with Crippen molar-refractivity contribution in [3.63, 3.8) is 0 Å². The van der Waals surface area contributed by atoms with E-state index in [0.717, 1.165) is 36.0 Å². The zero-order chi connectivity index (χ0) is 24.2. The van der Waals surface area contributed by atoms with E-state index in [-0.39, 0.29) is 5.56 Å². The molecule has 0 unspecified atom stereocenters. The van der Waals surface area contributed by atoms with Gasteiger partial charge in [0.2, 0.25) is 0 Å². The van der Waals surface area contributed by atoms with Gasteiger partial charge in [-0.2, -0.15) is 13.2 Å². The van der Waals surface area contributed by atoms with Crippen molar-refractivity contribution in [2.75, 3.05) is 0 Å². The van der Waals surface area contributed by atoms with Gasteiger partial charge in [-0.05, 0) is 88.2 Å². The number of benzene rings is 2. The van der Waals surface area contributed by atoms with E-state index in [0.29, 0.717) is 5.92 Å². The third-order valence-electron chi connectivity index (χ3n) is 6.93. The highest BCUT2D eigenvalue weighted by Crippen LogP contribution is 2.42. The monoisotopic (exact) mass is 459 g/mol. The van der Waals surface area contributed by atoms with Crippen LogP contribution < -0.4 is 10.8 Å². The highest BCUT2D eigenvalue weighted by Gasteiger charge is 2.52. The van der Waals surface area contributed by atoms with Crippen LogP contribution in [0, 0.1) is 0 Å². The number of carbonyl (C=O) groups excluding carboxylic acids is 1. The van der Waals surface area contributed by atoms with Gasteiger partial charge in [-0.15, -0.1) is 0 Å². The number of alkyl halides is 3. The Hall–Kier alpha value is -2.32. The molecule has 1 heterocycles. The maximum Gasteiger partial charge on any atom is 0.495 e. The van der Waals surface area contributed by atoms with Gasteiger partial charge in [0, 0.05) is 5.56 Å². The van der Waals surface area contributed by atoms with Gasteiger partial charge in [-0.3, -0.25) is 4.79 Å². The van der Waals surface area contributed by atoms with Gasteiger partial charge in [0.15, 0.2) is 0 Å². The number of hydrogen-bond acceptors (Lipinski definition) is 3. The van der Waals surface area contributed by atoms with Crippen LogP contribution >= 0.6 is 0 Å². The molecule has 2 aromatic carbocycles. The topological polar surface area (TPSA) is 47.6 Å². The van der Waals surface area contributed by atoms with Gasteiger partial charge < -0.3 is 14.6 Å². The molecule has 176 valence electrons. The molecule has 1 N–H and O–H groups in total. The van der Waals surface area contributed by atoms with Crippen LogP contribution in [0.2, 0.25) is 0 Å². The Morgan fingerprint density at radius 2 is 1.70 bits per heavy atom. The molecule has 0 aromatic heterocycles. The molecule has 2 fully saturated rings. The fraction of sp³-hybridized carbons (Fsp3) is 0.480. The Morgan fingerprint density at radius 3 is 2.27 bits per heavy atom. The van der Waals surface area contributed by atoms with E-state index in [9.17, 15) is 18.0 Å². The van der Waals surface area contributed by atoms with E-state index < -0.39 is 42.0 Å². The third-order valence-corrected chi connectivity index (χ3v) is 6.93. The Labute approximate surface area is 193 Å². The molecule has 1 saturated carbocycles. The van der Waals surface area contributed by atoms with E-state index in [1.54, 1.807) is 0 Å². The van der Waals surface area contributed by atoms with E-state index in [4.69, 9.17) is 9.31 Å². The van der Waals surface area contributed by atoms with E-state index >= 15 is 0 Å². The first-order chi connectivity index (χ1) is 15.3.